The van der Waals surface area contributed by atoms with Crippen LogP contribution in [0.5, 0.6) is 5.75 Å². The second kappa shape index (κ2) is 10.7. The number of fused-ring (bicyclic) bond motifs is 1. The van der Waals surface area contributed by atoms with Gasteiger partial charge in [0.1, 0.15) is 35.0 Å². The third-order valence-corrected chi connectivity index (χ3v) is 7.98. The molecule has 0 bridgehead atoms. The number of hydrogen-bond acceptors (Lipinski definition) is 7. The lowest BCUT2D eigenvalue weighted by molar-refractivity contribution is -0.0500. The van der Waals surface area contributed by atoms with Crippen LogP contribution in [-0.2, 0) is 21.6 Å². The third kappa shape index (κ3) is 6.50. The third-order valence-electron chi connectivity index (χ3n) is 5.61. The molecule has 0 atom stereocenters. The lowest BCUT2D eigenvalue weighted by Gasteiger charge is -2.24. The number of halogens is 4. The van der Waals surface area contributed by atoms with Crippen LogP contribution in [0.2, 0.25) is 0 Å². The largest absolute Gasteiger partial charge is 0.534 e. The Morgan fingerprint density at radius 2 is 1.72 bits per heavy atom. The number of nitrogens with zero attached hydrogens (tertiary/aromatic N) is 4. The molecule has 0 unspecified atom stereocenters. The maximum atomic E-state index is 14.7. The Balaban J connectivity index is 1.74. The molecule has 0 aliphatic rings. The predicted molar refractivity (Wildman–Crippen MR) is 143 cm³/mol. The predicted octanol–water partition coefficient (Wildman–Crippen LogP) is 5.50. The second-order valence-corrected chi connectivity index (χ2v) is 15.7. The molecule has 0 N–H and O–H groups in total. The lowest BCUT2D eigenvalue weighted by atomic mass is 10.1. The first-order chi connectivity index (χ1) is 18.2. The fourth-order valence-corrected chi connectivity index (χ4v) is 4.67. The van der Waals surface area contributed by atoms with Crippen LogP contribution < -0.4 is 4.18 Å². The zero-order valence-electron chi connectivity index (χ0n) is 21.5. The smallest absolute Gasteiger partial charge is 0.376 e. The van der Waals surface area contributed by atoms with E-state index < -0.39 is 37.2 Å². The van der Waals surface area contributed by atoms with E-state index >= 15 is 0 Å². The van der Waals surface area contributed by atoms with Crippen molar-refractivity contribution >= 4 is 31.2 Å². The highest BCUT2D eigenvalue weighted by molar-refractivity contribution is 8.32. The highest BCUT2D eigenvalue weighted by Crippen LogP contribution is 2.34. The number of alkyl halides is 3. The SMILES string of the molecule is Cc1cccc(F)c1-c1ncc2c(n1)c(-c1ccc(OS(=O)(=O)C(F)(F)F)cc1)nn2COCCS(C)(C)C. The van der Waals surface area contributed by atoms with E-state index in [0.29, 0.717) is 34.5 Å². The number of aryl methyl sites for hydroxylation is 1. The van der Waals surface area contributed by atoms with Crippen molar-refractivity contribution in [2.45, 2.75) is 19.2 Å². The van der Waals surface area contributed by atoms with Gasteiger partial charge >= 0.3 is 15.6 Å². The molecule has 0 fully saturated rings. The number of ether oxygens (including phenoxy) is 1. The van der Waals surface area contributed by atoms with E-state index in [4.69, 9.17) is 4.74 Å². The van der Waals surface area contributed by atoms with E-state index in [0.717, 1.165) is 17.9 Å². The van der Waals surface area contributed by atoms with Crippen LogP contribution in [0.3, 0.4) is 0 Å². The number of rotatable bonds is 9. The van der Waals surface area contributed by atoms with Gasteiger partial charge in [-0.1, -0.05) is 12.1 Å². The zero-order valence-corrected chi connectivity index (χ0v) is 23.1. The summed E-state index contributed by atoms with van der Waals surface area (Å²) < 4.78 is 87.0. The van der Waals surface area contributed by atoms with Crippen molar-refractivity contribution < 1.29 is 34.9 Å². The van der Waals surface area contributed by atoms with Crippen LogP contribution >= 0.6 is 10.0 Å². The summed E-state index contributed by atoms with van der Waals surface area (Å²) in [4.78, 5) is 8.94. The minimum Gasteiger partial charge on any atom is -0.376 e. The van der Waals surface area contributed by atoms with Crippen LogP contribution in [0.1, 0.15) is 5.56 Å². The van der Waals surface area contributed by atoms with Crippen LogP contribution in [-0.4, -0.2) is 64.8 Å². The zero-order chi connectivity index (χ0) is 28.6. The highest BCUT2D eigenvalue weighted by Gasteiger charge is 2.48. The van der Waals surface area contributed by atoms with Gasteiger partial charge in [0.05, 0.1) is 18.4 Å². The summed E-state index contributed by atoms with van der Waals surface area (Å²) in [7, 11) is -6.59. The van der Waals surface area contributed by atoms with Gasteiger partial charge in [0, 0.05) is 11.3 Å². The maximum Gasteiger partial charge on any atom is 0.534 e. The summed E-state index contributed by atoms with van der Waals surface area (Å²) in [5, 5.41) is 4.58. The summed E-state index contributed by atoms with van der Waals surface area (Å²) >= 11 is 0. The van der Waals surface area contributed by atoms with E-state index in [1.54, 1.807) is 23.7 Å². The van der Waals surface area contributed by atoms with E-state index in [1.807, 2.05) is 0 Å². The van der Waals surface area contributed by atoms with Gasteiger partial charge in [0.25, 0.3) is 0 Å². The fourth-order valence-electron chi connectivity index (χ4n) is 3.59. The average Bonchev–Trinajstić information content (AvgIpc) is 3.19. The lowest BCUT2D eigenvalue weighted by Crippen LogP contribution is -2.28. The van der Waals surface area contributed by atoms with E-state index in [2.05, 4.69) is 38.0 Å². The van der Waals surface area contributed by atoms with Crippen molar-refractivity contribution in [3.05, 3.63) is 60.0 Å². The molecule has 0 aliphatic heterocycles. The summed E-state index contributed by atoms with van der Waals surface area (Å²) in [6.45, 7) is 2.32. The molecular formula is C25H26F4N4O4S2. The first-order valence-corrected chi connectivity index (χ1v) is 15.9. The minimum absolute atomic E-state index is 0.0818. The molecule has 4 aromatic rings. The molecule has 0 aliphatic carbocycles. The van der Waals surface area contributed by atoms with Gasteiger partial charge in [-0.3, -0.25) is 0 Å². The van der Waals surface area contributed by atoms with Crippen molar-refractivity contribution in [2.24, 2.45) is 0 Å². The topological polar surface area (TPSA) is 96.2 Å². The summed E-state index contributed by atoms with van der Waals surface area (Å²) in [5.41, 5.74) is -3.14. The van der Waals surface area contributed by atoms with Crippen LogP contribution in [0, 0.1) is 12.7 Å². The maximum absolute atomic E-state index is 14.7. The molecule has 0 saturated carbocycles. The molecule has 2 aromatic carbocycles. The molecule has 2 heterocycles. The Labute approximate surface area is 224 Å². The Kier molecular flexibility index (Phi) is 7.92. The van der Waals surface area contributed by atoms with Gasteiger partial charge in [0.2, 0.25) is 0 Å². The molecule has 8 nitrogen and oxygen atoms in total. The number of hydrogen-bond donors (Lipinski definition) is 0. The van der Waals surface area contributed by atoms with Gasteiger partial charge in [0.15, 0.2) is 5.82 Å². The molecule has 0 saturated heterocycles. The summed E-state index contributed by atoms with van der Waals surface area (Å²) in [6, 6.07) is 9.48. The quantitative estimate of drug-likeness (QED) is 0.111. The Morgan fingerprint density at radius 3 is 2.33 bits per heavy atom. The van der Waals surface area contributed by atoms with Gasteiger partial charge < -0.3 is 8.92 Å². The molecule has 4 rings (SSSR count). The molecule has 2 aromatic heterocycles. The number of benzene rings is 2. The Bertz CT molecular complexity index is 1580. The first kappa shape index (κ1) is 28.8. The van der Waals surface area contributed by atoms with Gasteiger partial charge in [-0.2, -0.15) is 26.7 Å². The Morgan fingerprint density at radius 1 is 1.03 bits per heavy atom. The normalized spacial score (nSPS) is 13.1. The van der Waals surface area contributed by atoms with Crippen molar-refractivity contribution in [2.75, 3.05) is 31.1 Å². The van der Waals surface area contributed by atoms with Gasteiger partial charge in [-0.05, 0) is 61.6 Å². The van der Waals surface area contributed by atoms with E-state index in [-0.39, 0.29) is 18.1 Å². The van der Waals surface area contributed by atoms with Crippen LogP contribution in [0.15, 0.2) is 48.7 Å². The summed E-state index contributed by atoms with van der Waals surface area (Å²) in [5.74, 6) is -0.00430. The molecule has 210 valence electrons. The fraction of sp³-hybridized carbons (Fsp3) is 0.320. The monoisotopic (exact) mass is 586 g/mol. The molecule has 0 spiro atoms. The molecule has 0 radical (unpaired) electrons. The molecule has 14 heteroatoms. The Hall–Kier alpha value is -3.23. The van der Waals surface area contributed by atoms with Crippen molar-refractivity contribution in [1.82, 2.24) is 19.7 Å². The number of aromatic nitrogens is 4. The minimum atomic E-state index is -5.82. The summed E-state index contributed by atoms with van der Waals surface area (Å²) in [6.07, 6.45) is 8.02. The average molecular weight is 587 g/mol. The van der Waals surface area contributed by atoms with Crippen LogP contribution in [0.4, 0.5) is 17.6 Å². The van der Waals surface area contributed by atoms with Crippen molar-refractivity contribution in [3.63, 3.8) is 0 Å². The highest BCUT2D eigenvalue weighted by atomic mass is 32.3. The molecule has 39 heavy (non-hydrogen) atoms. The van der Waals surface area contributed by atoms with Crippen molar-refractivity contribution in [1.29, 1.82) is 0 Å². The standard InChI is InChI=1S/C25H26F4N4O4S2/c1-16-6-5-7-19(26)21(16)24-30-14-20-23(31-24)22(32-33(20)15-36-12-13-38(2,3)4)17-8-10-18(11-9-17)37-39(34,35)25(27,28)29/h5-11,14H,12-13,15H2,1-4H3. The molecular weight excluding hydrogens is 560 g/mol. The van der Waals surface area contributed by atoms with Crippen LogP contribution in [0.25, 0.3) is 33.7 Å². The van der Waals surface area contributed by atoms with E-state index in [1.165, 1.54) is 24.4 Å². The first-order valence-electron chi connectivity index (χ1n) is 11.5. The second-order valence-electron chi connectivity index (χ2n) is 9.55. The van der Waals surface area contributed by atoms with Gasteiger partial charge in [-0.15, -0.1) is 0 Å². The van der Waals surface area contributed by atoms with Crippen molar-refractivity contribution in [3.8, 4) is 28.4 Å². The molecule has 0 amide bonds. The van der Waals surface area contributed by atoms with Gasteiger partial charge in [-0.25, -0.2) is 29.1 Å². The van der Waals surface area contributed by atoms with E-state index in [9.17, 15) is 26.0 Å².